The molecule has 0 heterocycles. The van der Waals surface area contributed by atoms with Gasteiger partial charge in [-0.15, -0.1) is 0 Å². The van der Waals surface area contributed by atoms with E-state index in [-0.39, 0.29) is 5.41 Å². The van der Waals surface area contributed by atoms with Gasteiger partial charge in [0.1, 0.15) is 0 Å². The van der Waals surface area contributed by atoms with Crippen molar-refractivity contribution in [3.63, 3.8) is 0 Å². The minimum Gasteiger partial charge on any atom is -0.309 e. The second kappa shape index (κ2) is 11.8. The van der Waals surface area contributed by atoms with Crippen LogP contribution in [0.3, 0.4) is 0 Å². The summed E-state index contributed by atoms with van der Waals surface area (Å²) < 4.78 is 0. The lowest BCUT2D eigenvalue weighted by Crippen LogP contribution is -2.26. The van der Waals surface area contributed by atoms with Crippen LogP contribution in [-0.4, -0.2) is 0 Å². The van der Waals surface area contributed by atoms with Gasteiger partial charge in [-0.3, -0.25) is 0 Å². The van der Waals surface area contributed by atoms with E-state index >= 15 is 0 Å². The fourth-order valence-electron chi connectivity index (χ4n) is 10.8. The van der Waals surface area contributed by atoms with Crippen LogP contribution in [-0.2, 0) is 10.8 Å². The van der Waals surface area contributed by atoms with E-state index in [0.29, 0.717) is 0 Å². The number of fused-ring (bicyclic) bond motifs is 14. The van der Waals surface area contributed by atoms with E-state index in [9.17, 15) is 0 Å². The Balaban J connectivity index is 1.17. The molecule has 0 bridgehead atoms. The van der Waals surface area contributed by atoms with Crippen molar-refractivity contribution in [1.82, 2.24) is 0 Å². The number of anilines is 3. The van der Waals surface area contributed by atoms with Crippen LogP contribution in [0.4, 0.5) is 17.1 Å². The molecule has 1 atom stereocenters. The van der Waals surface area contributed by atoms with Crippen LogP contribution < -0.4 is 4.90 Å². The molecule has 0 radical (unpaired) electrons. The first kappa shape index (κ1) is 32.3. The Morgan fingerprint density at radius 2 is 0.825 bits per heavy atom. The third kappa shape index (κ3) is 4.29. The standard InChI is InChI=1S/C56H39N/c1-55(2)45-23-11-9-21-42(45)53-48(55)26-14-28-51(53)57(40-32-30-37(31-33-40)36-16-4-3-5-17-36)52-29-15-27-49-54(52)43-22-10-13-25-47(43)56(49)46-24-12-8-20-41(46)44-34-38-18-6-7-19-39(38)35-50(44)56/h3-35H,1-2H3. The lowest BCUT2D eigenvalue weighted by atomic mass is 9.70. The summed E-state index contributed by atoms with van der Waals surface area (Å²) in [4.78, 5) is 2.56. The third-order valence-corrected chi connectivity index (χ3v) is 13.3. The van der Waals surface area contributed by atoms with Gasteiger partial charge in [0.15, 0.2) is 0 Å². The Kier molecular flexibility index (Phi) is 6.67. The van der Waals surface area contributed by atoms with Gasteiger partial charge in [0, 0.05) is 22.2 Å². The van der Waals surface area contributed by atoms with Crippen LogP contribution in [0.1, 0.15) is 47.2 Å². The van der Waals surface area contributed by atoms with Crippen LogP contribution >= 0.6 is 0 Å². The van der Waals surface area contributed by atoms with Gasteiger partial charge in [0.05, 0.1) is 16.8 Å². The van der Waals surface area contributed by atoms with Gasteiger partial charge in [-0.05, 0) is 114 Å². The molecule has 1 nitrogen and oxygen atoms in total. The molecule has 1 spiro atoms. The average Bonchev–Trinajstić information content (AvgIpc) is 3.82. The van der Waals surface area contributed by atoms with Crippen molar-refractivity contribution in [3.8, 4) is 44.5 Å². The molecule has 57 heavy (non-hydrogen) atoms. The maximum Gasteiger partial charge on any atom is 0.0726 e. The lowest BCUT2D eigenvalue weighted by molar-refractivity contribution is 0.660. The topological polar surface area (TPSA) is 3.24 Å². The fraction of sp³-hybridized carbons (Fsp3) is 0.0714. The summed E-state index contributed by atoms with van der Waals surface area (Å²) in [6, 6.07) is 75.0. The molecular weight excluding hydrogens is 687 g/mol. The van der Waals surface area contributed by atoms with Crippen LogP contribution in [0.15, 0.2) is 200 Å². The summed E-state index contributed by atoms with van der Waals surface area (Å²) in [6.45, 7) is 4.75. The highest BCUT2D eigenvalue weighted by Gasteiger charge is 2.52. The molecule has 1 unspecified atom stereocenters. The predicted octanol–water partition coefficient (Wildman–Crippen LogP) is 14.6. The molecule has 268 valence electrons. The zero-order valence-corrected chi connectivity index (χ0v) is 32.0. The van der Waals surface area contributed by atoms with Crippen molar-refractivity contribution in [2.24, 2.45) is 0 Å². The SMILES string of the molecule is CC1(C)c2ccccc2-c2c(N(c3ccc(-c4ccccc4)cc3)c3cccc4c3-c3ccccc3C43c4ccccc4-c4cc5ccccc5cc43)cccc21. The molecule has 0 saturated heterocycles. The molecule has 0 N–H and O–H groups in total. The van der Waals surface area contributed by atoms with E-state index in [2.05, 4.69) is 219 Å². The Bertz CT molecular complexity index is 3100. The van der Waals surface area contributed by atoms with Crippen molar-refractivity contribution >= 4 is 27.8 Å². The monoisotopic (exact) mass is 725 g/mol. The molecule has 0 amide bonds. The molecule has 12 rings (SSSR count). The minimum atomic E-state index is -0.464. The zero-order chi connectivity index (χ0) is 37.9. The summed E-state index contributed by atoms with van der Waals surface area (Å²) in [5.74, 6) is 0. The van der Waals surface area contributed by atoms with E-state index in [4.69, 9.17) is 0 Å². The van der Waals surface area contributed by atoms with E-state index in [1.165, 1.54) is 100 Å². The van der Waals surface area contributed by atoms with Crippen molar-refractivity contribution in [2.45, 2.75) is 24.7 Å². The van der Waals surface area contributed by atoms with Gasteiger partial charge < -0.3 is 4.90 Å². The molecule has 0 aliphatic heterocycles. The Morgan fingerprint density at radius 3 is 1.53 bits per heavy atom. The van der Waals surface area contributed by atoms with Crippen molar-refractivity contribution in [1.29, 1.82) is 0 Å². The van der Waals surface area contributed by atoms with Gasteiger partial charge in [0.25, 0.3) is 0 Å². The second-order valence-electron chi connectivity index (χ2n) is 16.4. The first-order valence-corrected chi connectivity index (χ1v) is 20.1. The normalized spacial score (nSPS) is 16.1. The molecule has 0 aromatic heterocycles. The number of rotatable bonds is 4. The Labute approximate surface area is 334 Å². The van der Waals surface area contributed by atoms with Gasteiger partial charge in [-0.2, -0.15) is 0 Å². The molecule has 0 fully saturated rings. The van der Waals surface area contributed by atoms with E-state index < -0.39 is 5.41 Å². The maximum atomic E-state index is 2.56. The van der Waals surface area contributed by atoms with Gasteiger partial charge in [0.2, 0.25) is 0 Å². The lowest BCUT2D eigenvalue weighted by Gasteiger charge is -2.33. The van der Waals surface area contributed by atoms with Crippen LogP contribution in [0.2, 0.25) is 0 Å². The molecule has 9 aromatic carbocycles. The Morgan fingerprint density at radius 1 is 0.333 bits per heavy atom. The van der Waals surface area contributed by atoms with Crippen LogP contribution in [0, 0.1) is 0 Å². The molecule has 1 heteroatoms. The number of hydrogen-bond acceptors (Lipinski definition) is 1. The average molecular weight is 726 g/mol. The number of benzene rings is 9. The minimum absolute atomic E-state index is 0.125. The second-order valence-corrected chi connectivity index (χ2v) is 16.4. The van der Waals surface area contributed by atoms with Crippen molar-refractivity contribution in [2.75, 3.05) is 4.90 Å². The summed E-state index contributed by atoms with van der Waals surface area (Å²) in [7, 11) is 0. The van der Waals surface area contributed by atoms with Gasteiger partial charge in [-0.1, -0.05) is 178 Å². The van der Waals surface area contributed by atoms with E-state index in [1.807, 2.05) is 0 Å². The van der Waals surface area contributed by atoms with Crippen molar-refractivity contribution < 1.29 is 0 Å². The van der Waals surface area contributed by atoms with Crippen LogP contribution in [0.5, 0.6) is 0 Å². The maximum absolute atomic E-state index is 2.56. The van der Waals surface area contributed by atoms with Gasteiger partial charge in [-0.25, -0.2) is 0 Å². The van der Waals surface area contributed by atoms with E-state index in [1.54, 1.807) is 0 Å². The number of nitrogens with zero attached hydrogens (tertiary/aromatic N) is 1. The predicted molar refractivity (Wildman–Crippen MR) is 238 cm³/mol. The smallest absolute Gasteiger partial charge is 0.0726 e. The summed E-state index contributed by atoms with van der Waals surface area (Å²) in [6.07, 6.45) is 0. The Hall–Kier alpha value is -6.96. The first-order chi connectivity index (χ1) is 28.0. The van der Waals surface area contributed by atoms with E-state index in [0.717, 1.165) is 5.69 Å². The fourth-order valence-corrected chi connectivity index (χ4v) is 10.8. The molecular formula is C56H39N. The van der Waals surface area contributed by atoms with Crippen molar-refractivity contribution in [3.05, 3.63) is 234 Å². The highest BCUT2D eigenvalue weighted by atomic mass is 15.1. The highest BCUT2D eigenvalue weighted by molar-refractivity contribution is 6.05. The summed E-state index contributed by atoms with van der Waals surface area (Å²) in [5, 5.41) is 2.54. The largest absolute Gasteiger partial charge is 0.309 e. The molecule has 9 aromatic rings. The zero-order valence-electron chi connectivity index (χ0n) is 32.0. The quantitative estimate of drug-likeness (QED) is 0.175. The van der Waals surface area contributed by atoms with Gasteiger partial charge >= 0.3 is 0 Å². The molecule has 3 aliphatic carbocycles. The first-order valence-electron chi connectivity index (χ1n) is 20.1. The summed E-state index contributed by atoms with van der Waals surface area (Å²) >= 11 is 0. The molecule has 3 aliphatic rings. The molecule has 0 saturated carbocycles. The number of hydrogen-bond donors (Lipinski definition) is 0. The highest BCUT2D eigenvalue weighted by Crippen LogP contribution is 2.65. The van der Waals surface area contributed by atoms with Crippen LogP contribution in [0.25, 0.3) is 55.3 Å². The third-order valence-electron chi connectivity index (χ3n) is 13.3. The summed E-state index contributed by atoms with van der Waals surface area (Å²) in [5.41, 5.74) is 21.3.